The highest BCUT2D eigenvalue weighted by Gasteiger charge is 2.13. The normalized spacial score (nSPS) is 16.4. The Bertz CT molecular complexity index is 265. The Morgan fingerprint density at radius 1 is 1.67 bits per heavy atom. The van der Waals surface area contributed by atoms with E-state index < -0.39 is 0 Å². The summed E-state index contributed by atoms with van der Waals surface area (Å²) < 4.78 is 4.81. The van der Waals surface area contributed by atoms with Gasteiger partial charge in [0, 0.05) is 6.92 Å². The minimum Gasteiger partial charge on any atom is -0.493 e. The molecule has 0 aromatic heterocycles. The maximum Gasteiger partial charge on any atom is 0.206 e. The van der Waals surface area contributed by atoms with Crippen LogP contribution in [0, 0.1) is 0 Å². The van der Waals surface area contributed by atoms with Crippen molar-refractivity contribution in [1.29, 1.82) is 0 Å². The van der Waals surface area contributed by atoms with Crippen LogP contribution in [0.2, 0.25) is 0 Å². The van der Waals surface area contributed by atoms with Crippen molar-refractivity contribution in [2.24, 2.45) is 0 Å². The lowest BCUT2D eigenvalue weighted by molar-refractivity contribution is -0.117. The summed E-state index contributed by atoms with van der Waals surface area (Å²) in [5.74, 6) is -0.153. The van der Waals surface area contributed by atoms with Crippen LogP contribution in [-0.2, 0) is 14.3 Å². The SMILES string of the molecule is CC(=O)SC1=CC=COCC1=O. The van der Waals surface area contributed by atoms with Gasteiger partial charge in [0.15, 0.2) is 11.7 Å². The van der Waals surface area contributed by atoms with Gasteiger partial charge in [0.1, 0.15) is 0 Å². The van der Waals surface area contributed by atoms with Gasteiger partial charge in [-0.05, 0) is 23.9 Å². The average Bonchev–Trinajstić information content (AvgIpc) is 2.16. The van der Waals surface area contributed by atoms with Gasteiger partial charge in [-0.2, -0.15) is 0 Å². The quantitative estimate of drug-likeness (QED) is 0.615. The van der Waals surface area contributed by atoms with E-state index in [1.807, 2.05) is 0 Å². The van der Waals surface area contributed by atoms with Crippen molar-refractivity contribution in [2.75, 3.05) is 6.61 Å². The number of thioether (sulfide) groups is 1. The Labute approximate surface area is 74.5 Å². The molecule has 0 spiro atoms. The van der Waals surface area contributed by atoms with E-state index in [1.54, 1.807) is 12.2 Å². The molecule has 0 N–H and O–H groups in total. The Balaban J connectivity index is 2.71. The van der Waals surface area contributed by atoms with Gasteiger partial charge in [-0.3, -0.25) is 9.59 Å². The number of hydrogen-bond donors (Lipinski definition) is 0. The van der Waals surface area contributed by atoms with Crippen LogP contribution in [0.1, 0.15) is 6.92 Å². The van der Waals surface area contributed by atoms with Crippen molar-refractivity contribution in [1.82, 2.24) is 0 Å². The molecule has 0 saturated carbocycles. The third kappa shape index (κ3) is 2.54. The fraction of sp³-hybridized carbons (Fsp3) is 0.250. The highest BCUT2D eigenvalue weighted by molar-refractivity contribution is 8.17. The minimum atomic E-state index is -0.153. The maximum absolute atomic E-state index is 11.1. The van der Waals surface area contributed by atoms with E-state index in [2.05, 4.69) is 0 Å². The number of Topliss-reactive ketones (excluding diaryl/α,β-unsaturated/α-hetero) is 1. The second-order valence-electron chi connectivity index (χ2n) is 2.19. The number of ether oxygens (including phenoxy) is 1. The third-order valence-corrected chi connectivity index (χ3v) is 2.04. The summed E-state index contributed by atoms with van der Waals surface area (Å²) in [6, 6.07) is 0. The highest BCUT2D eigenvalue weighted by atomic mass is 32.2. The van der Waals surface area contributed by atoms with E-state index in [0.29, 0.717) is 4.91 Å². The maximum atomic E-state index is 11.1. The summed E-state index contributed by atoms with van der Waals surface area (Å²) in [6.07, 6.45) is 4.63. The molecule has 1 rings (SSSR count). The zero-order valence-electron chi connectivity index (χ0n) is 6.57. The first kappa shape index (κ1) is 9.06. The zero-order chi connectivity index (χ0) is 8.97. The van der Waals surface area contributed by atoms with Crippen molar-refractivity contribution in [2.45, 2.75) is 6.92 Å². The predicted octanol–water partition coefficient (Wildman–Crippen LogP) is 1.26. The molecule has 0 bridgehead atoms. The lowest BCUT2D eigenvalue weighted by Gasteiger charge is -1.99. The Morgan fingerprint density at radius 3 is 3.08 bits per heavy atom. The molecular weight excluding hydrogens is 176 g/mol. The van der Waals surface area contributed by atoms with Crippen LogP contribution < -0.4 is 0 Å². The molecule has 0 aliphatic carbocycles. The molecule has 0 unspecified atom stereocenters. The first-order valence-corrected chi connectivity index (χ1v) is 4.22. The van der Waals surface area contributed by atoms with Crippen LogP contribution in [0.15, 0.2) is 23.3 Å². The van der Waals surface area contributed by atoms with Crippen molar-refractivity contribution in [3.05, 3.63) is 23.3 Å². The Kier molecular flexibility index (Phi) is 3.10. The highest BCUT2D eigenvalue weighted by Crippen LogP contribution is 2.19. The fourth-order valence-corrected chi connectivity index (χ4v) is 1.34. The number of allylic oxidation sites excluding steroid dienone is 2. The van der Waals surface area contributed by atoms with Crippen LogP contribution in [0.4, 0.5) is 0 Å². The molecule has 0 fully saturated rings. The van der Waals surface area contributed by atoms with Crippen LogP contribution in [0.25, 0.3) is 0 Å². The van der Waals surface area contributed by atoms with E-state index in [9.17, 15) is 9.59 Å². The van der Waals surface area contributed by atoms with Gasteiger partial charge in [-0.25, -0.2) is 0 Å². The first-order valence-electron chi connectivity index (χ1n) is 3.40. The lowest BCUT2D eigenvalue weighted by Crippen LogP contribution is -2.06. The van der Waals surface area contributed by atoms with Gasteiger partial charge in [-0.15, -0.1) is 0 Å². The standard InChI is InChI=1S/C8H8O3S/c1-6(9)12-8-3-2-4-11-5-7(8)10/h2-4H,5H2,1H3. The molecule has 0 aromatic rings. The molecule has 3 nitrogen and oxygen atoms in total. The molecular formula is C8H8O3S. The smallest absolute Gasteiger partial charge is 0.206 e. The molecule has 0 amide bonds. The van der Waals surface area contributed by atoms with Crippen LogP contribution in [0.3, 0.4) is 0 Å². The molecule has 12 heavy (non-hydrogen) atoms. The summed E-state index contributed by atoms with van der Waals surface area (Å²) in [4.78, 5) is 22.3. The van der Waals surface area contributed by atoms with Gasteiger partial charge >= 0.3 is 0 Å². The average molecular weight is 184 g/mol. The Morgan fingerprint density at radius 2 is 2.42 bits per heavy atom. The molecule has 0 radical (unpaired) electrons. The van der Waals surface area contributed by atoms with E-state index in [1.165, 1.54) is 13.2 Å². The molecule has 0 saturated heterocycles. The summed E-state index contributed by atoms with van der Waals surface area (Å²) in [5, 5.41) is -0.0927. The van der Waals surface area contributed by atoms with Gasteiger partial charge in [0.05, 0.1) is 11.2 Å². The summed E-state index contributed by atoms with van der Waals surface area (Å²) in [5.41, 5.74) is 0. The summed E-state index contributed by atoms with van der Waals surface area (Å²) in [6.45, 7) is 1.44. The molecule has 0 aromatic carbocycles. The number of ketones is 1. The predicted molar refractivity (Wildman–Crippen MR) is 46.5 cm³/mol. The molecule has 4 heteroatoms. The van der Waals surface area contributed by atoms with Crippen molar-refractivity contribution in [3.8, 4) is 0 Å². The first-order chi connectivity index (χ1) is 5.70. The number of carbonyl (C=O) groups is 2. The van der Waals surface area contributed by atoms with E-state index in [-0.39, 0.29) is 17.5 Å². The van der Waals surface area contributed by atoms with E-state index >= 15 is 0 Å². The van der Waals surface area contributed by atoms with Gasteiger partial charge in [0.25, 0.3) is 0 Å². The van der Waals surface area contributed by atoms with Crippen molar-refractivity contribution < 1.29 is 14.3 Å². The second-order valence-corrected chi connectivity index (χ2v) is 3.41. The largest absolute Gasteiger partial charge is 0.493 e. The van der Waals surface area contributed by atoms with E-state index in [4.69, 9.17) is 4.74 Å². The van der Waals surface area contributed by atoms with Gasteiger partial charge < -0.3 is 4.74 Å². The summed E-state index contributed by atoms with van der Waals surface area (Å²) in [7, 11) is 0. The number of hydrogen-bond acceptors (Lipinski definition) is 4. The van der Waals surface area contributed by atoms with Crippen LogP contribution in [0.5, 0.6) is 0 Å². The minimum absolute atomic E-state index is 0.0165. The molecule has 1 aliphatic heterocycles. The summed E-state index contributed by atoms with van der Waals surface area (Å²) >= 11 is 0.938. The van der Waals surface area contributed by atoms with Crippen molar-refractivity contribution in [3.63, 3.8) is 0 Å². The number of rotatable bonds is 1. The van der Waals surface area contributed by atoms with Crippen LogP contribution >= 0.6 is 11.8 Å². The topological polar surface area (TPSA) is 43.4 Å². The molecule has 64 valence electrons. The monoisotopic (exact) mass is 184 g/mol. The van der Waals surface area contributed by atoms with Crippen molar-refractivity contribution >= 4 is 22.7 Å². The molecule has 1 heterocycles. The third-order valence-electron chi connectivity index (χ3n) is 1.17. The van der Waals surface area contributed by atoms with Gasteiger partial charge in [0.2, 0.25) is 5.78 Å². The second kappa shape index (κ2) is 4.11. The molecule has 1 aliphatic rings. The lowest BCUT2D eigenvalue weighted by atomic mass is 10.4. The van der Waals surface area contributed by atoms with Crippen LogP contribution in [-0.4, -0.2) is 17.5 Å². The van der Waals surface area contributed by atoms with Gasteiger partial charge in [-0.1, -0.05) is 0 Å². The molecule has 0 atom stereocenters. The Hall–Kier alpha value is -1.03. The number of carbonyl (C=O) groups excluding carboxylic acids is 2. The zero-order valence-corrected chi connectivity index (χ0v) is 7.39. The fourth-order valence-electron chi connectivity index (χ4n) is 0.716. The van der Waals surface area contributed by atoms with E-state index in [0.717, 1.165) is 11.8 Å².